The molecule has 0 amide bonds. The van der Waals surface area contributed by atoms with E-state index in [9.17, 15) is 8.42 Å². The number of hydrogen-bond acceptors (Lipinski definition) is 4. The molecule has 0 radical (unpaired) electrons. The first-order chi connectivity index (χ1) is 9.80. The molecule has 120 valence electrons. The van der Waals surface area contributed by atoms with Crippen LogP contribution in [0.2, 0.25) is 0 Å². The minimum absolute atomic E-state index is 0.122. The largest absolute Gasteiger partial charge is 0.495 e. The van der Waals surface area contributed by atoms with Gasteiger partial charge in [0.2, 0.25) is 10.0 Å². The lowest BCUT2D eigenvalue weighted by atomic mass is 10.1. The Balaban J connectivity index is 2.96. The van der Waals surface area contributed by atoms with Gasteiger partial charge in [0.25, 0.3) is 0 Å². The number of rotatable bonds is 8. The lowest BCUT2D eigenvalue weighted by Gasteiger charge is -2.17. The summed E-state index contributed by atoms with van der Waals surface area (Å²) in [6.45, 7) is 6.40. The summed E-state index contributed by atoms with van der Waals surface area (Å²) >= 11 is 0. The van der Waals surface area contributed by atoms with Crippen molar-refractivity contribution in [2.24, 2.45) is 11.7 Å². The molecule has 21 heavy (non-hydrogen) atoms. The summed E-state index contributed by atoms with van der Waals surface area (Å²) in [6.07, 6.45) is 1.78. The predicted octanol–water partition coefficient (Wildman–Crippen LogP) is 2.26. The second-order valence-electron chi connectivity index (χ2n) is 5.68. The highest BCUT2D eigenvalue weighted by atomic mass is 32.2. The zero-order valence-corrected chi connectivity index (χ0v) is 14.0. The molecule has 6 heteroatoms. The normalized spacial score (nSPS) is 13.4. The minimum atomic E-state index is -3.61. The zero-order valence-electron chi connectivity index (χ0n) is 13.2. The molecule has 5 nitrogen and oxygen atoms in total. The summed E-state index contributed by atoms with van der Waals surface area (Å²) in [5.41, 5.74) is 6.34. The molecule has 3 N–H and O–H groups in total. The SMILES string of the molecule is COc1ccc(CN)cc1S(=O)(=O)NC(C)CCC(C)C. The van der Waals surface area contributed by atoms with E-state index in [-0.39, 0.29) is 17.5 Å². The zero-order chi connectivity index (χ0) is 16.0. The molecule has 0 aliphatic carbocycles. The molecule has 0 heterocycles. The maximum Gasteiger partial charge on any atom is 0.244 e. The van der Waals surface area contributed by atoms with Crippen molar-refractivity contribution in [3.05, 3.63) is 23.8 Å². The Morgan fingerprint density at radius 3 is 2.43 bits per heavy atom. The third kappa shape index (κ3) is 5.30. The summed E-state index contributed by atoms with van der Waals surface area (Å²) < 4.78 is 32.9. The van der Waals surface area contributed by atoms with Crippen LogP contribution in [0.25, 0.3) is 0 Å². The number of sulfonamides is 1. The van der Waals surface area contributed by atoms with E-state index in [2.05, 4.69) is 18.6 Å². The van der Waals surface area contributed by atoms with Crippen LogP contribution >= 0.6 is 0 Å². The van der Waals surface area contributed by atoms with E-state index in [4.69, 9.17) is 10.5 Å². The highest BCUT2D eigenvalue weighted by Crippen LogP contribution is 2.25. The summed E-state index contributed by atoms with van der Waals surface area (Å²) in [7, 11) is -2.16. The smallest absolute Gasteiger partial charge is 0.244 e. The van der Waals surface area contributed by atoms with Gasteiger partial charge in [0.1, 0.15) is 10.6 Å². The van der Waals surface area contributed by atoms with Gasteiger partial charge in [0.05, 0.1) is 7.11 Å². The Labute approximate surface area is 127 Å². The van der Waals surface area contributed by atoms with Gasteiger partial charge in [-0.3, -0.25) is 0 Å². The quantitative estimate of drug-likeness (QED) is 0.771. The van der Waals surface area contributed by atoms with Gasteiger partial charge in [0.15, 0.2) is 0 Å². The Morgan fingerprint density at radius 1 is 1.24 bits per heavy atom. The number of methoxy groups -OCH3 is 1. The van der Waals surface area contributed by atoms with Crippen molar-refractivity contribution in [1.29, 1.82) is 0 Å². The number of benzene rings is 1. The van der Waals surface area contributed by atoms with Crippen LogP contribution in [0, 0.1) is 5.92 Å². The van der Waals surface area contributed by atoms with Crippen molar-refractivity contribution in [1.82, 2.24) is 4.72 Å². The Bertz CT molecular complexity index is 556. The van der Waals surface area contributed by atoms with Gasteiger partial charge in [-0.25, -0.2) is 13.1 Å². The molecule has 0 aliphatic rings. The summed E-state index contributed by atoms with van der Waals surface area (Å²) in [5, 5.41) is 0. The standard InChI is InChI=1S/C15H26N2O3S/c1-11(2)5-6-12(3)17-21(18,19)15-9-13(10-16)7-8-14(15)20-4/h7-9,11-12,17H,5-6,10,16H2,1-4H3. The molecule has 1 aromatic rings. The third-order valence-corrected chi connectivity index (χ3v) is 4.90. The third-order valence-electron chi connectivity index (χ3n) is 3.29. The van der Waals surface area contributed by atoms with Crippen LogP contribution in [-0.4, -0.2) is 21.6 Å². The van der Waals surface area contributed by atoms with Gasteiger partial charge in [-0.05, 0) is 43.4 Å². The molecular weight excluding hydrogens is 288 g/mol. The number of hydrogen-bond donors (Lipinski definition) is 2. The fourth-order valence-corrected chi connectivity index (χ4v) is 3.53. The molecule has 0 aromatic heterocycles. The molecule has 0 spiro atoms. The molecule has 0 bridgehead atoms. The van der Waals surface area contributed by atoms with E-state index in [1.54, 1.807) is 18.2 Å². The number of nitrogens with two attached hydrogens (primary N) is 1. The highest BCUT2D eigenvalue weighted by Gasteiger charge is 2.22. The fourth-order valence-electron chi connectivity index (χ4n) is 2.03. The first-order valence-electron chi connectivity index (χ1n) is 7.19. The second kappa shape index (κ2) is 7.77. The Morgan fingerprint density at radius 2 is 1.90 bits per heavy atom. The van der Waals surface area contributed by atoms with E-state index in [1.165, 1.54) is 7.11 Å². The average Bonchev–Trinajstić information content (AvgIpc) is 2.44. The lowest BCUT2D eigenvalue weighted by Crippen LogP contribution is -2.33. The molecule has 0 saturated heterocycles. The average molecular weight is 314 g/mol. The van der Waals surface area contributed by atoms with Crippen LogP contribution in [0.5, 0.6) is 5.75 Å². The van der Waals surface area contributed by atoms with Crippen molar-refractivity contribution >= 4 is 10.0 Å². The van der Waals surface area contributed by atoms with Crippen molar-refractivity contribution in [3.8, 4) is 5.75 Å². The Hall–Kier alpha value is -1.11. The summed E-state index contributed by atoms with van der Waals surface area (Å²) in [6, 6.07) is 4.84. The van der Waals surface area contributed by atoms with Crippen molar-refractivity contribution in [2.75, 3.05) is 7.11 Å². The second-order valence-corrected chi connectivity index (χ2v) is 7.37. The molecular formula is C15H26N2O3S. The highest BCUT2D eigenvalue weighted by molar-refractivity contribution is 7.89. The van der Waals surface area contributed by atoms with Gasteiger partial charge in [-0.1, -0.05) is 19.9 Å². The topological polar surface area (TPSA) is 81.4 Å². The number of ether oxygens (including phenoxy) is 1. The molecule has 0 saturated carbocycles. The van der Waals surface area contributed by atoms with Gasteiger partial charge in [-0.15, -0.1) is 0 Å². The first kappa shape index (κ1) is 17.9. The van der Waals surface area contributed by atoms with E-state index in [1.807, 2.05) is 6.92 Å². The van der Waals surface area contributed by atoms with E-state index in [0.29, 0.717) is 11.7 Å². The van der Waals surface area contributed by atoms with Gasteiger partial charge in [0, 0.05) is 12.6 Å². The molecule has 1 aromatic carbocycles. The van der Waals surface area contributed by atoms with E-state index in [0.717, 1.165) is 18.4 Å². The predicted molar refractivity (Wildman–Crippen MR) is 84.7 cm³/mol. The Kier molecular flexibility index (Phi) is 6.64. The van der Waals surface area contributed by atoms with Crippen LogP contribution in [0.3, 0.4) is 0 Å². The maximum absolute atomic E-state index is 12.5. The van der Waals surface area contributed by atoms with Crippen molar-refractivity contribution in [3.63, 3.8) is 0 Å². The summed E-state index contributed by atoms with van der Waals surface area (Å²) in [5.74, 6) is 0.878. The van der Waals surface area contributed by atoms with Gasteiger partial charge in [-0.2, -0.15) is 0 Å². The first-order valence-corrected chi connectivity index (χ1v) is 8.67. The van der Waals surface area contributed by atoms with Crippen LogP contribution in [0.15, 0.2) is 23.1 Å². The molecule has 1 atom stereocenters. The van der Waals surface area contributed by atoms with E-state index >= 15 is 0 Å². The van der Waals surface area contributed by atoms with Crippen LogP contribution in [-0.2, 0) is 16.6 Å². The molecule has 0 fully saturated rings. The fraction of sp³-hybridized carbons (Fsp3) is 0.600. The van der Waals surface area contributed by atoms with Crippen molar-refractivity contribution in [2.45, 2.75) is 51.1 Å². The molecule has 1 unspecified atom stereocenters. The van der Waals surface area contributed by atoms with Crippen molar-refractivity contribution < 1.29 is 13.2 Å². The lowest BCUT2D eigenvalue weighted by molar-refractivity contribution is 0.401. The van der Waals surface area contributed by atoms with Crippen LogP contribution < -0.4 is 15.2 Å². The van der Waals surface area contributed by atoms with Gasteiger partial charge < -0.3 is 10.5 Å². The molecule has 0 aliphatic heterocycles. The monoisotopic (exact) mass is 314 g/mol. The maximum atomic E-state index is 12.5. The minimum Gasteiger partial charge on any atom is -0.495 e. The molecule has 1 rings (SSSR count). The van der Waals surface area contributed by atoms with Crippen LogP contribution in [0.1, 0.15) is 39.2 Å². The van der Waals surface area contributed by atoms with Gasteiger partial charge >= 0.3 is 0 Å². The van der Waals surface area contributed by atoms with E-state index < -0.39 is 10.0 Å². The van der Waals surface area contributed by atoms with Crippen LogP contribution in [0.4, 0.5) is 0 Å². The number of nitrogens with one attached hydrogen (secondary N) is 1. The summed E-state index contributed by atoms with van der Waals surface area (Å²) in [4.78, 5) is 0.143.